The molecule has 0 fully saturated rings. The van der Waals surface area contributed by atoms with Crippen LogP contribution in [0.3, 0.4) is 0 Å². The van der Waals surface area contributed by atoms with Crippen molar-refractivity contribution in [2.75, 3.05) is 0 Å². The monoisotopic (exact) mass is 1530 g/mol. The van der Waals surface area contributed by atoms with Crippen LogP contribution in [0.25, 0.3) is 33.4 Å². The zero-order valence-corrected chi connectivity index (χ0v) is 71.1. The van der Waals surface area contributed by atoms with E-state index in [1.165, 1.54) is 160 Å². The van der Waals surface area contributed by atoms with Gasteiger partial charge in [-0.25, -0.2) is 0 Å². The Morgan fingerprint density at radius 2 is 0.395 bits per heavy atom. The molecule has 0 aliphatic rings. The van der Waals surface area contributed by atoms with Gasteiger partial charge in [-0.2, -0.15) is 26.3 Å². The van der Waals surface area contributed by atoms with Crippen molar-refractivity contribution in [3.8, 4) is 67.9 Å². The minimum atomic E-state index is -5.55. The van der Waals surface area contributed by atoms with Gasteiger partial charge in [0.2, 0.25) is 5.41 Å². The molecule has 0 saturated heterocycles. The molecular formula is C105H112F6O3. The molecule has 0 bridgehead atoms. The topological polar surface area (TPSA) is 27.7 Å². The zero-order chi connectivity index (χ0) is 83.8. The maximum Gasteiger partial charge on any atom is 0.411 e. The summed E-state index contributed by atoms with van der Waals surface area (Å²) in [4.78, 5) is 0. The predicted octanol–water partition coefficient (Wildman–Crippen LogP) is 31.3. The second-order valence-corrected chi connectivity index (χ2v) is 30.8. The first-order chi connectivity index (χ1) is 53.6. The van der Waals surface area contributed by atoms with Gasteiger partial charge in [0.15, 0.2) is 0 Å². The molecule has 0 heterocycles. The quantitative estimate of drug-likeness (QED) is 0.121. The van der Waals surface area contributed by atoms with Crippen molar-refractivity contribution in [2.24, 2.45) is 0 Å². The highest BCUT2D eigenvalue weighted by Crippen LogP contribution is 2.57. The molecule has 0 aromatic heterocycles. The lowest BCUT2D eigenvalue weighted by molar-refractivity contribution is -0.288. The van der Waals surface area contributed by atoms with E-state index in [9.17, 15) is 26.3 Å². The maximum atomic E-state index is 14.0. The maximum absolute atomic E-state index is 14.0. The molecule has 0 spiro atoms. The van der Waals surface area contributed by atoms with Crippen molar-refractivity contribution in [3.63, 3.8) is 0 Å². The van der Waals surface area contributed by atoms with E-state index in [0.717, 1.165) is 69.9 Å². The molecule has 592 valence electrons. The summed E-state index contributed by atoms with van der Waals surface area (Å²) >= 11 is 0. The molecule has 0 atom stereocenters. The summed E-state index contributed by atoms with van der Waals surface area (Å²) in [6.45, 7) is 49.0. The molecule has 114 heavy (non-hydrogen) atoms. The van der Waals surface area contributed by atoms with Gasteiger partial charge in [-0.3, -0.25) is 0 Å². The fourth-order valence-corrected chi connectivity index (χ4v) is 12.8. The summed E-state index contributed by atoms with van der Waals surface area (Å²) in [6, 6.07) is 78.3. The van der Waals surface area contributed by atoms with E-state index in [1.807, 2.05) is 48.5 Å². The Morgan fingerprint density at radius 3 is 0.667 bits per heavy atom. The minimum Gasteiger partial charge on any atom is -0.457 e. The summed E-state index contributed by atoms with van der Waals surface area (Å²) in [5.74, 6) is 5.18. The Bertz CT molecular complexity index is 5170. The van der Waals surface area contributed by atoms with Crippen molar-refractivity contribution >= 4 is 0 Å². The van der Waals surface area contributed by atoms with E-state index >= 15 is 0 Å². The van der Waals surface area contributed by atoms with E-state index in [-0.39, 0.29) is 0 Å². The third-order valence-electron chi connectivity index (χ3n) is 22.3. The first kappa shape index (κ1) is 88.4. The van der Waals surface area contributed by atoms with E-state index < -0.39 is 28.9 Å². The lowest BCUT2D eigenvalue weighted by Crippen LogP contribution is -2.54. The summed E-state index contributed by atoms with van der Waals surface area (Å²) < 4.78 is 102. The number of hydrogen-bond acceptors (Lipinski definition) is 3. The van der Waals surface area contributed by atoms with Gasteiger partial charge in [0.05, 0.1) is 0 Å². The second-order valence-electron chi connectivity index (χ2n) is 30.8. The fraction of sp³-hybridized carbons (Fsp3) is 0.257. The average Bonchev–Trinajstić information content (AvgIpc) is 0.713. The highest BCUT2D eigenvalue weighted by Gasteiger charge is 2.72. The van der Waals surface area contributed by atoms with Crippen LogP contribution < -0.4 is 14.2 Å². The summed E-state index contributed by atoms with van der Waals surface area (Å²) in [6.07, 6.45) is -11.1. The number of aryl methyl sites for hydroxylation is 23. The highest BCUT2D eigenvalue weighted by atomic mass is 19.4. The molecule has 0 N–H and O–H groups in total. The molecular weight excluding hydrogens is 1420 g/mol. The Kier molecular flexibility index (Phi) is 29.9. The SMILES string of the molecule is Cc1cc(C)c(C)cc1C.Cc1ccc(-c2ccc(C)c(C)c2)cc1C.Cc1ccc(-c2cccc(C)c2C)cc1C.Cc1ccc(C(c2ccc(C)c(C)c2)(C(F)(F)F)C(F)(F)F)cc1C.Cc1ccc(Oc2ccc(-c3ccc(Oc4ccc(C)c(C)c4)cc3)cc2)cc1C.Cc1ccc(Oc2ccc(C)c(C)c2)cc1C. The van der Waals surface area contributed by atoms with Gasteiger partial charge in [-0.05, 0) is 417 Å². The van der Waals surface area contributed by atoms with Crippen molar-refractivity contribution in [1.29, 1.82) is 0 Å². The molecule has 3 nitrogen and oxygen atoms in total. The van der Waals surface area contributed by atoms with Crippen molar-refractivity contribution in [2.45, 2.75) is 184 Å². The number of benzene rings is 13. The Morgan fingerprint density at radius 1 is 0.175 bits per heavy atom. The van der Waals surface area contributed by atoms with E-state index in [2.05, 4.69) is 296 Å². The van der Waals surface area contributed by atoms with Crippen molar-refractivity contribution in [3.05, 3.63) is 387 Å². The molecule has 0 aliphatic heterocycles. The smallest absolute Gasteiger partial charge is 0.411 e. The van der Waals surface area contributed by atoms with Gasteiger partial charge < -0.3 is 14.2 Å². The zero-order valence-electron chi connectivity index (χ0n) is 71.1. The van der Waals surface area contributed by atoms with Gasteiger partial charge in [0, 0.05) is 0 Å². The average molecular weight is 1540 g/mol. The molecule has 13 aromatic carbocycles. The van der Waals surface area contributed by atoms with Crippen molar-refractivity contribution < 1.29 is 40.6 Å². The van der Waals surface area contributed by atoms with E-state index in [0.29, 0.717) is 22.3 Å². The van der Waals surface area contributed by atoms with Gasteiger partial charge in [0.25, 0.3) is 0 Å². The summed E-state index contributed by atoms with van der Waals surface area (Å²) in [5, 5.41) is 0. The summed E-state index contributed by atoms with van der Waals surface area (Å²) in [5.41, 5.74) is 30.4. The lowest BCUT2D eigenvalue weighted by atomic mass is 9.71. The van der Waals surface area contributed by atoms with Crippen LogP contribution >= 0.6 is 0 Å². The summed E-state index contributed by atoms with van der Waals surface area (Å²) in [7, 11) is 0. The van der Waals surface area contributed by atoms with Gasteiger partial charge in [-0.15, -0.1) is 0 Å². The first-order valence-electron chi connectivity index (χ1n) is 38.8. The molecule has 0 amide bonds. The standard InChI is InChI=1S/C28H26O2.C19H18F6.C16H18O.2C16H18.C10H14/c1-19-5-11-27(17-21(19)3)29-25-13-7-23(8-14-25)24-9-15-26(16-10-24)30-28-12-6-20(2)22(4)18-28;1-11-5-7-15(9-13(11)3)17(18(20,21)22,19(23,24)25)16-8-6-12(2)14(4)10-16;1-11-5-7-15(9-13(11)3)17-16-8-6-12(2)14(4)10-16;1-11-5-7-15(9-13(11)3)16-8-6-12(2)14(4)10-16;1-11-8-9-15(10-13(11)3)16-7-5-6-12(2)14(16)4;1-7-5-9(3)10(4)6-8(7)2/h5-18H,1-4H3;5-10H,1-4H3;5-10H,1-4H3;2*5-10H,1-4H3;5-6H,1-4H3. The second kappa shape index (κ2) is 38.6. The van der Waals surface area contributed by atoms with E-state index in [1.54, 1.807) is 13.8 Å². The first-order valence-corrected chi connectivity index (χ1v) is 38.8. The van der Waals surface area contributed by atoms with Gasteiger partial charge in [-0.1, -0.05) is 170 Å². The van der Waals surface area contributed by atoms with Crippen molar-refractivity contribution in [1.82, 2.24) is 0 Å². The third kappa shape index (κ3) is 22.8. The molecule has 13 aromatic rings. The lowest BCUT2D eigenvalue weighted by Gasteiger charge is -2.38. The number of rotatable bonds is 11. The Labute approximate surface area is 675 Å². The molecule has 0 unspecified atom stereocenters. The molecule has 0 saturated carbocycles. The van der Waals surface area contributed by atoms with Gasteiger partial charge in [0.1, 0.15) is 34.5 Å². The number of alkyl halides is 6. The molecule has 0 aliphatic carbocycles. The third-order valence-corrected chi connectivity index (χ3v) is 22.3. The van der Waals surface area contributed by atoms with Gasteiger partial charge >= 0.3 is 12.4 Å². The largest absolute Gasteiger partial charge is 0.457 e. The number of halogens is 6. The highest BCUT2D eigenvalue weighted by molar-refractivity contribution is 5.70. The van der Waals surface area contributed by atoms with Crippen LogP contribution in [0, 0.1) is 166 Å². The van der Waals surface area contributed by atoms with Crippen LogP contribution in [0.15, 0.2) is 243 Å². The van der Waals surface area contributed by atoms with Crippen LogP contribution in [-0.4, -0.2) is 12.4 Å². The fourth-order valence-electron chi connectivity index (χ4n) is 12.8. The Hall–Kier alpha value is -11.2. The van der Waals surface area contributed by atoms with E-state index in [4.69, 9.17) is 14.2 Å². The van der Waals surface area contributed by atoms with Crippen LogP contribution in [0.5, 0.6) is 34.5 Å². The Balaban J connectivity index is 0.000000177. The van der Waals surface area contributed by atoms with Crippen LogP contribution in [0.1, 0.15) is 145 Å². The predicted molar refractivity (Wildman–Crippen MR) is 468 cm³/mol. The van der Waals surface area contributed by atoms with Crippen LogP contribution in [0.4, 0.5) is 26.3 Å². The normalized spacial score (nSPS) is 11.1. The molecule has 13 rings (SSSR count). The van der Waals surface area contributed by atoms with Crippen LogP contribution in [0.2, 0.25) is 0 Å². The van der Waals surface area contributed by atoms with Crippen LogP contribution in [-0.2, 0) is 5.41 Å². The molecule has 0 radical (unpaired) electrons. The number of ether oxygens (including phenoxy) is 3. The number of hydrogen-bond donors (Lipinski definition) is 0. The molecule has 9 heteroatoms. The minimum absolute atomic E-state index is 0.374.